The summed E-state index contributed by atoms with van der Waals surface area (Å²) in [4.78, 5) is 11.7. The zero-order valence-electron chi connectivity index (χ0n) is 11.6. The molecular formula is C16H16BrN3O. The number of nitrogens with one attached hydrogen (secondary N) is 2. The van der Waals surface area contributed by atoms with E-state index in [9.17, 15) is 4.79 Å². The number of anilines is 1. The molecule has 0 aromatic heterocycles. The highest BCUT2D eigenvalue weighted by molar-refractivity contribution is 9.10. The van der Waals surface area contributed by atoms with Gasteiger partial charge in [0.15, 0.2) is 0 Å². The first-order chi connectivity index (χ1) is 10.1. The van der Waals surface area contributed by atoms with Crippen LogP contribution in [0, 0.1) is 6.92 Å². The number of carbonyl (C=O) groups excluding carboxylic acids is 1. The van der Waals surface area contributed by atoms with Crippen LogP contribution in [0.1, 0.15) is 11.1 Å². The van der Waals surface area contributed by atoms with E-state index in [-0.39, 0.29) is 12.5 Å². The fourth-order valence-electron chi connectivity index (χ4n) is 1.65. The molecule has 2 aromatic rings. The van der Waals surface area contributed by atoms with Gasteiger partial charge in [0.05, 0.1) is 12.8 Å². The number of halogens is 1. The van der Waals surface area contributed by atoms with Crippen LogP contribution in [0.3, 0.4) is 0 Å². The summed E-state index contributed by atoms with van der Waals surface area (Å²) in [7, 11) is 0. The molecule has 0 radical (unpaired) electrons. The van der Waals surface area contributed by atoms with Gasteiger partial charge in [-0.05, 0) is 25.1 Å². The minimum absolute atomic E-state index is 0.177. The summed E-state index contributed by atoms with van der Waals surface area (Å²) in [6.45, 7) is 2.20. The molecule has 21 heavy (non-hydrogen) atoms. The van der Waals surface area contributed by atoms with Crippen molar-refractivity contribution in [3.8, 4) is 0 Å². The number of amides is 1. The van der Waals surface area contributed by atoms with Crippen LogP contribution in [0.4, 0.5) is 5.69 Å². The average Bonchev–Trinajstić information content (AvgIpc) is 2.49. The lowest BCUT2D eigenvalue weighted by Crippen LogP contribution is -2.25. The number of rotatable bonds is 5. The summed E-state index contributed by atoms with van der Waals surface area (Å²) >= 11 is 3.41. The molecule has 108 valence electrons. The van der Waals surface area contributed by atoms with Gasteiger partial charge in [0.2, 0.25) is 0 Å². The van der Waals surface area contributed by atoms with E-state index in [1.807, 2.05) is 55.5 Å². The summed E-state index contributed by atoms with van der Waals surface area (Å²) in [5.41, 5.74) is 5.49. The van der Waals surface area contributed by atoms with E-state index in [0.29, 0.717) is 0 Å². The van der Waals surface area contributed by atoms with E-state index in [2.05, 4.69) is 31.8 Å². The molecule has 1 amide bonds. The predicted molar refractivity (Wildman–Crippen MR) is 89.5 cm³/mol. The Morgan fingerprint density at radius 3 is 2.62 bits per heavy atom. The van der Waals surface area contributed by atoms with E-state index in [1.165, 1.54) is 5.56 Å². The summed E-state index contributed by atoms with van der Waals surface area (Å²) in [5.74, 6) is -0.195. The van der Waals surface area contributed by atoms with Gasteiger partial charge in [-0.1, -0.05) is 51.8 Å². The number of nitrogens with zero attached hydrogens (tertiary/aromatic N) is 1. The summed E-state index contributed by atoms with van der Waals surface area (Å²) in [6.07, 6.45) is 1.61. The number of hydrazone groups is 1. The third kappa shape index (κ3) is 5.04. The Labute approximate surface area is 132 Å². The second-order valence-electron chi connectivity index (χ2n) is 4.53. The Balaban J connectivity index is 1.80. The first-order valence-corrected chi connectivity index (χ1v) is 7.31. The van der Waals surface area contributed by atoms with Crippen molar-refractivity contribution in [3.05, 3.63) is 64.1 Å². The Morgan fingerprint density at radius 1 is 1.19 bits per heavy atom. The Hall–Kier alpha value is -2.14. The zero-order chi connectivity index (χ0) is 15.1. The Bertz CT molecular complexity index is 638. The molecule has 0 saturated heterocycles. The first-order valence-electron chi connectivity index (χ1n) is 6.52. The largest absolute Gasteiger partial charge is 0.376 e. The van der Waals surface area contributed by atoms with Gasteiger partial charge in [-0.2, -0.15) is 5.10 Å². The quantitative estimate of drug-likeness (QED) is 0.645. The maximum absolute atomic E-state index is 11.7. The molecular weight excluding hydrogens is 330 g/mol. The highest BCUT2D eigenvalue weighted by Gasteiger charge is 1.99. The normalized spacial score (nSPS) is 10.6. The van der Waals surface area contributed by atoms with Gasteiger partial charge in [-0.15, -0.1) is 0 Å². The Kier molecular flexibility index (Phi) is 5.51. The molecule has 2 N–H and O–H groups in total. The van der Waals surface area contributed by atoms with Crippen LogP contribution in [0.15, 0.2) is 58.1 Å². The van der Waals surface area contributed by atoms with Gasteiger partial charge in [0.25, 0.3) is 5.91 Å². The number of carbonyl (C=O) groups is 1. The van der Waals surface area contributed by atoms with Crippen molar-refractivity contribution in [2.24, 2.45) is 5.10 Å². The molecule has 0 heterocycles. The number of hydrogen-bond donors (Lipinski definition) is 2. The maximum atomic E-state index is 11.7. The van der Waals surface area contributed by atoms with Crippen LogP contribution in [0.25, 0.3) is 0 Å². The molecule has 0 unspecified atom stereocenters. The van der Waals surface area contributed by atoms with Gasteiger partial charge in [-0.3, -0.25) is 4.79 Å². The molecule has 0 aliphatic heterocycles. The first kappa shape index (κ1) is 15.3. The monoisotopic (exact) mass is 345 g/mol. The van der Waals surface area contributed by atoms with Crippen molar-refractivity contribution in [3.63, 3.8) is 0 Å². The van der Waals surface area contributed by atoms with Crippen LogP contribution in [0.2, 0.25) is 0 Å². The molecule has 4 nitrogen and oxygen atoms in total. The molecule has 0 atom stereocenters. The van der Waals surface area contributed by atoms with Crippen molar-refractivity contribution in [1.82, 2.24) is 5.43 Å². The zero-order valence-corrected chi connectivity index (χ0v) is 13.2. The molecule has 0 saturated carbocycles. The highest BCUT2D eigenvalue weighted by Crippen LogP contribution is 2.13. The fourth-order valence-corrected chi connectivity index (χ4v) is 2.03. The lowest BCUT2D eigenvalue weighted by atomic mass is 10.2. The predicted octanol–water partition coefficient (Wildman–Crippen LogP) is 3.32. The smallest absolute Gasteiger partial charge is 0.259 e. The maximum Gasteiger partial charge on any atom is 0.259 e. The van der Waals surface area contributed by atoms with Gasteiger partial charge < -0.3 is 5.32 Å². The van der Waals surface area contributed by atoms with Crippen molar-refractivity contribution in [2.45, 2.75) is 6.92 Å². The highest BCUT2D eigenvalue weighted by atomic mass is 79.9. The van der Waals surface area contributed by atoms with E-state index in [1.54, 1.807) is 6.21 Å². The molecule has 0 spiro atoms. The lowest BCUT2D eigenvalue weighted by molar-refractivity contribution is -0.119. The standard InChI is InChI=1S/C16H16BrN3O/c1-12-6-8-14(9-7-12)18-11-16(21)20-19-10-13-4-2-3-5-15(13)17/h2-10,18H,11H2,1H3,(H,20,21)/b19-10-. The van der Waals surface area contributed by atoms with Crippen LogP contribution in [-0.2, 0) is 4.79 Å². The number of hydrogen-bond acceptors (Lipinski definition) is 3. The van der Waals surface area contributed by atoms with Crippen molar-refractivity contribution in [2.75, 3.05) is 11.9 Å². The van der Waals surface area contributed by atoms with Gasteiger partial charge in [-0.25, -0.2) is 5.43 Å². The minimum atomic E-state index is -0.195. The average molecular weight is 346 g/mol. The minimum Gasteiger partial charge on any atom is -0.376 e. The topological polar surface area (TPSA) is 53.5 Å². The summed E-state index contributed by atoms with van der Waals surface area (Å²) in [5, 5.41) is 6.97. The van der Waals surface area contributed by atoms with Gasteiger partial charge >= 0.3 is 0 Å². The van der Waals surface area contributed by atoms with Crippen molar-refractivity contribution >= 4 is 33.7 Å². The SMILES string of the molecule is Cc1ccc(NCC(=O)N/N=C\c2ccccc2Br)cc1. The molecule has 2 aromatic carbocycles. The fraction of sp³-hybridized carbons (Fsp3) is 0.125. The van der Waals surface area contributed by atoms with E-state index >= 15 is 0 Å². The van der Waals surface area contributed by atoms with E-state index in [4.69, 9.17) is 0 Å². The van der Waals surface area contributed by atoms with Crippen LogP contribution in [-0.4, -0.2) is 18.7 Å². The van der Waals surface area contributed by atoms with Crippen LogP contribution >= 0.6 is 15.9 Å². The molecule has 2 rings (SSSR count). The van der Waals surface area contributed by atoms with E-state index in [0.717, 1.165) is 15.7 Å². The molecule has 0 bridgehead atoms. The van der Waals surface area contributed by atoms with E-state index < -0.39 is 0 Å². The van der Waals surface area contributed by atoms with Gasteiger partial charge in [0.1, 0.15) is 0 Å². The molecule has 5 heteroatoms. The summed E-state index contributed by atoms with van der Waals surface area (Å²) < 4.78 is 0.931. The molecule has 0 fully saturated rings. The third-order valence-electron chi connectivity index (χ3n) is 2.80. The number of aryl methyl sites for hydroxylation is 1. The number of benzene rings is 2. The van der Waals surface area contributed by atoms with Gasteiger partial charge in [0, 0.05) is 15.7 Å². The second kappa shape index (κ2) is 7.59. The summed E-state index contributed by atoms with van der Waals surface area (Å²) in [6, 6.07) is 15.5. The lowest BCUT2D eigenvalue weighted by Gasteiger charge is -2.05. The van der Waals surface area contributed by atoms with Crippen molar-refractivity contribution in [1.29, 1.82) is 0 Å². The molecule has 0 aliphatic rings. The van der Waals surface area contributed by atoms with Crippen LogP contribution in [0.5, 0.6) is 0 Å². The van der Waals surface area contributed by atoms with Crippen molar-refractivity contribution < 1.29 is 4.79 Å². The Morgan fingerprint density at radius 2 is 1.90 bits per heavy atom. The third-order valence-corrected chi connectivity index (χ3v) is 3.52. The van der Waals surface area contributed by atoms with Crippen LogP contribution < -0.4 is 10.7 Å². The molecule has 0 aliphatic carbocycles. The second-order valence-corrected chi connectivity index (χ2v) is 5.39.